The number of para-hydroxylation sites is 1. The zero-order valence-corrected chi connectivity index (χ0v) is 18.0. The van der Waals surface area contributed by atoms with Gasteiger partial charge in [-0.2, -0.15) is 0 Å². The predicted molar refractivity (Wildman–Crippen MR) is 118 cm³/mol. The molecule has 1 atom stereocenters. The highest BCUT2D eigenvalue weighted by Gasteiger charge is 2.17. The molecule has 0 aliphatic carbocycles. The van der Waals surface area contributed by atoms with Crippen LogP contribution in [0, 0.1) is 13.8 Å². The first kappa shape index (κ1) is 21.9. The van der Waals surface area contributed by atoms with Gasteiger partial charge in [0.1, 0.15) is 30.0 Å². The van der Waals surface area contributed by atoms with Crippen molar-refractivity contribution in [1.29, 1.82) is 0 Å². The van der Waals surface area contributed by atoms with Crippen LogP contribution in [0.5, 0.6) is 11.5 Å². The van der Waals surface area contributed by atoms with Crippen LogP contribution in [0.1, 0.15) is 29.4 Å². The lowest BCUT2D eigenvalue weighted by Gasteiger charge is -2.25. The Balaban J connectivity index is 1.65. The molecule has 160 valence electrons. The molecule has 2 aromatic carbocycles. The maximum Gasteiger partial charge on any atom is 0.123 e. The molecule has 5 nitrogen and oxygen atoms in total. The van der Waals surface area contributed by atoms with E-state index in [1.54, 1.807) is 6.26 Å². The van der Waals surface area contributed by atoms with Crippen LogP contribution in [0.2, 0.25) is 0 Å². The van der Waals surface area contributed by atoms with Gasteiger partial charge < -0.3 is 19.0 Å². The molecule has 1 N–H and O–H groups in total. The first-order valence-corrected chi connectivity index (χ1v) is 10.4. The minimum absolute atomic E-state index is 0.226. The molecule has 0 aliphatic rings. The average Bonchev–Trinajstić information content (AvgIpc) is 3.23. The molecular formula is C25H31NO4. The second kappa shape index (κ2) is 10.9. The molecule has 0 amide bonds. The normalized spacial score (nSPS) is 12.2. The molecule has 0 aliphatic heterocycles. The predicted octanol–water partition coefficient (Wildman–Crippen LogP) is 4.74. The summed E-state index contributed by atoms with van der Waals surface area (Å²) < 4.78 is 17.1. The molecule has 30 heavy (non-hydrogen) atoms. The summed E-state index contributed by atoms with van der Waals surface area (Å²) in [6.07, 6.45) is 1.03. The SMILES string of the molecule is CCOc1ccccc1CN(Cc1ccco1)CC(O)COc1ccc(C)c(C)c1. The molecule has 0 saturated heterocycles. The first-order chi connectivity index (χ1) is 14.5. The lowest BCUT2D eigenvalue weighted by molar-refractivity contribution is 0.0601. The number of furan rings is 1. The summed E-state index contributed by atoms with van der Waals surface area (Å²) in [5.74, 6) is 2.49. The van der Waals surface area contributed by atoms with E-state index in [1.807, 2.05) is 55.5 Å². The number of aryl methyl sites for hydroxylation is 2. The van der Waals surface area contributed by atoms with E-state index in [4.69, 9.17) is 13.9 Å². The standard InChI is InChI=1S/C25H31NO4/c1-4-28-25-10-6-5-8-21(25)15-26(17-24-9-7-13-29-24)16-22(27)18-30-23-12-11-19(2)20(3)14-23/h5-14,22,27H,4,15-18H2,1-3H3. The monoisotopic (exact) mass is 409 g/mol. The Labute approximate surface area is 178 Å². The van der Waals surface area contributed by atoms with Crippen molar-refractivity contribution in [3.63, 3.8) is 0 Å². The third kappa shape index (κ3) is 6.37. The van der Waals surface area contributed by atoms with Gasteiger partial charge in [0.05, 0.1) is 19.4 Å². The number of rotatable bonds is 11. The number of hydrogen-bond acceptors (Lipinski definition) is 5. The van der Waals surface area contributed by atoms with Crippen molar-refractivity contribution in [3.05, 3.63) is 83.3 Å². The van der Waals surface area contributed by atoms with E-state index < -0.39 is 6.10 Å². The molecule has 3 aromatic rings. The highest BCUT2D eigenvalue weighted by Crippen LogP contribution is 2.22. The summed E-state index contributed by atoms with van der Waals surface area (Å²) in [6, 6.07) is 17.8. The minimum Gasteiger partial charge on any atom is -0.494 e. The Morgan fingerprint density at radius 1 is 0.967 bits per heavy atom. The largest absolute Gasteiger partial charge is 0.494 e. The molecule has 5 heteroatoms. The Morgan fingerprint density at radius 2 is 1.80 bits per heavy atom. The third-order valence-electron chi connectivity index (χ3n) is 5.02. The van der Waals surface area contributed by atoms with E-state index in [2.05, 4.69) is 24.8 Å². The number of nitrogens with zero attached hydrogens (tertiary/aromatic N) is 1. The highest BCUT2D eigenvalue weighted by molar-refractivity contribution is 5.34. The molecule has 0 fully saturated rings. The highest BCUT2D eigenvalue weighted by atomic mass is 16.5. The van der Waals surface area contributed by atoms with Gasteiger partial charge in [-0.05, 0) is 62.2 Å². The van der Waals surface area contributed by atoms with Crippen LogP contribution in [0.4, 0.5) is 0 Å². The topological polar surface area (TPSA) is 55.1 Å². The van der Waals surface area contributed by atoms with E-state index in [1.165, 1.54) is 11.1 Å². The van der Waals surface area contributed by atoms with Crippen LogP contribution in [-0.2, 0) is 13.1 Å². The van der Waals surface area contributed by atoms with Crippen LogP contribution >= 0.6 is 0 Å². The molecule has 1 aromatic heterocycles. The summed E-state index contributed by atoms with van der Waals surface area (Å²) in [5.41, 5.74) is 3.47. The van der Waals surface area contributed by atoms with Gasteiger partial charge in [-0.3, -0.25) is 4.90 Å². The van der Waals surface area contributed by atoms with Gasteiger partial charge in [0.2, 0.25) is 0 Å². The van der Waals surface area contributed by atoms with Gasteiger partial charge in [0.25, 0.3) is 0 Å². The fourth-order valence-corrected chi connectivity index (χ4v) is 3.33. The van der Waals surface area contributed by atoms with E-state index in [-0.39, 0.29) is 6.61 Å². The average molecular weight is 410 g/mol. The summed E-state index contributed by atoms with van der Waals surface area (Å²) in [5, 5.41) is 10.7. The van der Waals surface area contributed by atoms with Gasteiger partial charge in [-0.25, -0.2) is 0 Å². The maximum absolute atomic E-state index is 10.7. The molecule has 0 saturated carbocycles. The summed E-state index contributed by atoms with van der Waals surface area (Å²) in [7, 11) is 0. The number of aliphatic hydroxyl groups is 1. The molecule has 0 radical (unpaired) electrons. The van der Waals surface area contributed by atoms with Gasteiger partial charge >= 0.3 is 0 Å². The lowest BCUT2D eigenvalue weighted by Crippen LogP contribution is -2.35. The van der Waals surface area contributed by atoms with Crippen molar-refractivity contribution >= 4 is 0 Å². The number of ether oxygens (including phenoxy) is 2. The molecule has 0 bridgehead atoms. The Hall–Kier alpha value is -2.76. The smallest absolute Gasteiger partial charge is 0.123 e. The van der Waals surface area contributed by atoms with Crippen molar-refractivity contribution in [2.24, 2.45) is 0 Å². The van der Waals surface area contributed by atoms with Crippen molar-refractivity contribution in [1.82, 2.24) is 4.90 Å². The molecule has 1 heterocycles. The maximum atomic E-state index is 10.7. The number of hydrogen-bond donors (Lipinski definition) is 1. The van der Waals surface area contributed by atoms with Crippen LogP contribution in [0.3, 0.4) is 0 Å². The number of aliphatic hydroxyl groups excluding tert-OH is 1. The Morgan fingerprint density at radius 3 is 2.53 bits per heavy atom. The van der Waals surface area contributed by atoms with Crippen molar-refractivity contribution < 1.29 is 19.0 Å². The molecule has 0 spiro atoms. The van der Waals surface area contributed by atoms with E-state index in [0.717, 1.165) is 22.8 Å². The zero-order valence-electron chi connectivity index (χ0n) is 18.0. The molecular weight excluding hydrogens is 378 g/mol. The van der Waals surface area contributed by atoms with Crippen molar-refractivity contribution in [2.45, 2.75) is 40.0 Å². The molecule has 1 unspecified atom stereocenters. The van der Waals surface area contributed by atoms with Crippen LogP contribution < -0.4 is 9.47 Å². The van der Waals surface area contributed by atoms with Gasteiger partial charge in [-0.1, -0.05) is 24.3 Å². The van der Waals surface area contributed by atoms with Crippen LogP contribution in [-0.4, -0.2) is 35.9 Å². The van der Waals surface area contributed by atoms with E-state index in [9.17, 15) is 5.11 Å². The summed E-state index contributed by atoms with van der Waals surface area (Å²) in [4.78, 5) is 2.14. The van der Waals surface area contributed by atoms with E-state index in [0.29, 0.717) is 26.2 Å². The third-order valence-corrected chi connectivity index (χ3v) is 5.02. The fraction of sp³-hybridized carbons (Fsp3) is 0.360. The van der Waals surface area contributed by atoms with E-state index >= 15 is 0 Å². The van der Waals surface area contributed by atoms with Crippen molar-refractivity contribution in [3.8, 4) is 11.5 Å². The van der Waals surface area contributed by atoms with Crippen molar-refractivity contribution in [2.75, 3.05) is 19.8 Å². The number of benzene rings is 2. The second-order valence-electron chi connectivity index (χ2n) is 7.50. The molecule has 3 rings (SSSR count). The Bertz CT molecular complexity index is 907. The zero-order chi connectivity index (χ0) is 21.3. The fourth-order valence-electron chi connectivity index (χ4n) is 3.33. The lowest BCUT2D eigenvalue weighted by atomic mass is 10.1. The summed E-state index contributed by atoms with van der Waals surface area (Å²) >= 11 is 0. The first-order valence-electron chi connectivity index (χ1n) is 10.4. The van der Waals surface area contributed by atoms with Crippen LogP contribution in [0.15, 0.2) is 65.3 Å². The van der Waals surface area contributed by atoms with Gasteiger partial charge in [0.15, 0.2) is 0 Å². The van der Waals surface area contributed by atoms with Gasteiger partial charge in [0, 0.05) is 18.7 Å². The summed E-state index contributed by atoms with van der Waals surface area (Å²) in [6.45, 7) is 8.62. The van der Waals surface area contributed by atoms with Crippen LogP contribution in [0.25, 0.3) is 0 Å². The second-order valence-corrected chi connectivity index (χ2v) is 7.50. The Kier molecular flexibility index (Phi) is 7.94. The quantitative estimate of drug-likeness (QED) is 0.496. The van der Waals surface area contributed by atoms with Gasteiger partial charge in [-0.15, -0.1) is 0 Å². The minimum atomic E-state index is -0.638.